The van der Waals surface area contributed by atoms with Gasteiger partial charge in [-0.3, -0.25) is 4.79 Å². The average molecular weight is 444 g/mol. The predicted molar refractivity (Wildman–Crippen MR) is 108 cm³/mol. The molecule has 0 unspecified atom stereocenters. The third kappa shape index (κ3) is 4.76. The lowest BCUT2D eigenvalue weighted by atomic mass is 10.2. The highest BCUT2D eigenvalue weighted by Gasteiger charge is 2.08. The monoisotopic (exact) mass is 444 g/mol. The van der Waals surface area contributed by atoms with Gasteiger partial charge in [-0.15, -0.1) is 0 Å². The van der Waals surface area contributed by atoms with Crippen molar-refractivity contribution in [2.45, 2.75) is 13.8 Å². The van der Waals surface area contributed by atoms with Crippen molar-refractivity contribution in [3.63, 3.8) is 0 Å². The fourth-order valence-corrected chi connectivity index (χ4v) is 2.75. The van der Waals surface area contributed by atoms with Gasteiger partial charge in [0, 0.05) is 31.9 Å². The van der Waals surface area contributed by atoms with Crippen LogP contribution in [0.2, 0.25) is 0 Å². The van der Waals surface area contributed by atoms with Crippen LogP contribution in [0.25, 0.3) is 0 Å². The zero-order valence-electron chi connectivity index (χ0n) is 13.9. The topological polar surface area (TPSA) is 66.9 Å². The summed E-state index contributed by atoms with van der Waals surface area (Å²) < 4.78 is 1.12. The first-order valence-electron chi connectivity index (χ1n) is 7.76. The minimum Gasteiger partial charge on any atom is -0.324 e. The Labute approximate surface area is 160 Å². The molecule has 0 bridgehead atoms. The van der Waals surface area contributed by atoms with Crippen molar-refractivity contribution in [1.29, 1.82) is 0 Å². The smallest absolute Gasteiger partial charge is 0.255 e. The fourth-order valence-electron chi connectivity index (χ4n) is 2.39. The first-order valence-corrected chi connectivity index (χ1v) is 8.84. The van der Waals surface area contributed by atoms with Crippen molar-refractivity contribution in [2.75, 3.05) is 10.6 Å². The summed E-state index contributed by atoms with van der Waals surface area (Å²) in [5.74, 6) is 0.360. The summed E-state index contributed by atoms with van der Waals surface area (Å²) in [6.45, 7) is 3.84. The van der Waals surface area contributed by atoms with Gasteiger partial charge in [0.2, 0.25) is 5.95 Å². The van der Waals surface area contributed by atoms with Crippen LogP contribution in [-0.4, -0.2) is 15.9 Å². The van der Waals surface area contributed by atoms with Crippen molar-refractivity contribution in [3.05, 3.63) is 75.1 Å². The van der Waals surface area contributed by atoms with Crippen LogP contribution in [0.5, 0.6) is 0 Å². The van der Waals surface area contributed by atoms with E-state index in [4.69, 9.17) is 0 Å². The number of nitrogens with one attached hydrogen (secondary N) is 2. The maximum absolute atomic E-state index is 12.4. The number of aromatic nitrogens is 2. The minimum atomic E-state index is -0.161. The number of hydrogen-bond acceptors (Lipinski definition) is 4. The molecule has 3 rings (SSSR count). The molecule has 5 nitrogen and oxygen atoms in total. The van der Waals surface area contributed by atoms with Crippen LogP contribution in [0.4, 0.5) is 17.3 Å². The van der Waals surface area contributed by atoms with Gasteiger partial charge in [0.25, 0.3) is 5.91 Å². The Morgan fingerprint density at radius 3 is 2.28 bits per heavy atom. The number of aryl methyl sites for hydroxylation is 2. The molecule has 1 aromatic heterocycles. The molecule has 0 fully saturated rings. The third-order valence-corrected chi connectivity index (χ3v) is 4.18. The Morgan fingerprint density at radius 1 is 0.920 bits per heavy atom. The molecule has 0 saturated carbocycles. The van der Waals surface area contributed by atoms with Crippen LogP contribution >= 0.6 is 22.6 Å². The van der Waals surface area contributed by atoms with E-state index in [9.17, 15) is 4.79 Å². The number of rotatable bonds is 4. The summed E-state index contributed by atoms with van der Waals surface area (Å²) in [4.78, 5) is 21.2. The lowest BCUT2D eigenvalue weighted by molar-refractivity contribution is 0.102. The van der Waals surface area contributed by atoms with Crippen LogP contribution in [-0.2, 0) is 0 Å². The Bertz CT molecular complexity index is 889. The van der Waals surface area contributed by atoms with Gasteiger partial charge in [-0.25, -0.2) is 9.97 Å². The number of hydrogen-bond donors (Lipinski definition) is 2. The molecule has 126 valence electrons. The van der Waals surface area contributed by atoms with Crippen molar-refractivity contribution >= 4 is 45.8 Å². The van der Waals surface area contributed by atoms with E-state index < -0.39 is 0 Å². The molecule has 25 heavy (non-hydrogen) atoms. The van der Waals surface area contributed by atoms with E-state index >= 15 is 0 Å². The van der Waals surface area contributed by atoms with Crippen molar-refractivity contribution in [1.82, 2.24) is 9.97 Å². The van der Waals surface area contributed by atoms with E-state index in [1.807, 2.05) is 56.3 Å². The fraction of sp³-hybridized carbons (Fsp3) is 0.105. The molecule has 1 heterocycles. The highest BCUT2D eigenvalue weighted by Crippen LogP contribution is 2.17. The number of anilines is 3. The highest BCUT2D eigenvalue weighted by atomic mass is 127. The number of halogens is 1. The molecule has 0 saturated heterocycles. The Balaban J connectivity index is 1.76. The normalized spacial score (nSPS) is 10.4. The van der Waals surface area contributed by atoms with E-state index in [-0.39, 0.29) is 5.91 Å². The van der Waals surface area contributed by atoms with Gasteiger partial charge in [-0.05, 0) is 85.0 Å². The predicted octanol–water partition coefficient (Wildman–Crippen LogP) is 4.69. The molecule has 0 radical (unpaired) electrons. The third-order valence-electron chi connectivity index (χ3n) is 3.47. The van der Waals surface area contributed by atoms with Gasteiger partial charge < -0.3 is 10.6 Å². The van der Waals surface area contributed by atoms with E-state index in [0.717, 1.165) is 26.3 Å². The second-order valence-electron chi connectivity index (χ2n) is 5.64. The quantitative estimate of drug-likeness (QED) is 0.573. The molecule has 6 heteroatoms. The molecule has 0 aliphatic heterocycles. The molecular weight excluding hydrogens is 427 g/mol. The number of nitrogens with zero attached hydrogens (tertiary/aromatic N) is 2. The standard InChI is InChI=1S/C19H17IN4O/c1-12-10-13(2)22-19(21-12)24-17-5-3-4-14(11-17)18(25)23-16-8-6-15(20)7-9-16/h3-11H,1-2H3,(H,23,25)(H,21,22,24). The van der Waals surface area contributed by atoms with E-state index in [2.05, 4.69) is 43.2 Å². The second-order valence-corrected chi connectivity index (χ2v) is 6.89. The molecule has 0 aliphatic carbocycles. The first kappa shape index (κ1) is 17.3. The molecule has 0 spiro atoms. The number of amides is 1. The van der Waals surface area contributed by atoms with E-state index in [0.29, 0.717) is 11.5 Å². The molecule has 0 atom stereocenters. The summed E-state index contributed by atoms with van der Waals surface area (Å²) in [6, 6.07) is 16.8. The molecule has 0 aliphatic rings. The van der Waals surface area contributed by atoms with Crippen molar-refractivity contribution in [2.24, 2.45) is 0 Å². The Hall–Kier alpha value is -2.48. The van der Waals surface area contributed by atoms with Crippen molar-refractivity contribution in [3.8, 4) is 0 Å². The van der Waals surface area contributed by atoms with Crippen LogP contribution < -0.4 is 10.6 Å². The summed E-state index contributed by atoms with van der Waals surface area (Å²) >= 11 is 2.23. The van der Waals surface area contributed by atoms with Crippen LogP contribution in [0.15, 0.2) is 54.6 Å². The Morgan fingerprint density at radius 2 is 1.60 bits per heavy atom. The summed E-state index contributed by atoms with van der Waals surface area (Å²) in [5, 5.41) is 6.04. The maximum atomic E-state index is 12.4. The highest BCUT2D eigenvalue weighted by molar-refractivity contribution is 14.1. The van der Waals surface area contributed by atoms with Gasteiger partial charge >= 0.3 is 0 Å². The molecule has 2 aromatic carbocycles. The SMILES string of the molecule is Cc1cc(C)nc(Nc2cccc(C(=O)Nc3ccc(I)cc3)c2)n1. The lowest BCUT2D eigenvalue weighted by Crippen LogP contribution is -2.12. The van der Waals surface area contributed by atoms with Gasteiger partial charge in [-0.2, -0.15) is 0 Å². The van der Waals surface area contributed by atoms with Gasteiger partial charge in [0.15, 0.2) is 0 Å². The maximum Gasteiger partial charge on any atom is 0.255 e. The van der Waals surface area contributed by atoms with E-state index in [1.54, 1.807) is 12.1 Å². The van der Waals surface area contributed by atoms with Crippen molar-refractivity contribution < 1.29 is 4.79 Å². The van der Waals surface area contributed by atoms with Crippen LogP contribution in [0.3, 0.4) is 0 Å². The summed E-state index contributed by atoms with van der Waals surface area (Å²) in [5.41, 5.74) is 3.87. The van der Waals surface area contributed by atoms with Gasteiger partial charge in [0.1, 0.15) is 0 Å². The first-order chi connectivity index (χ1) is 12.0. The van der Waals surface area contributed by atoms with E-state index in [1.165, 1.54) is 0 Å². The number of carbonyl (C=O) groups is 1. The zero-order valence-corrected chi connectivity index (χ0v) is 16.0. The molecule has 3 aromatic rings. The zero-order chi connectivity index (χ0) is 17.8. The summed E-state index contributed by atoms with van der Waals surface area (Å²) in [6.07, 6.45) is 0. The molecule has 2 N–H and O–H groups in total. The number of carbonyl (C=O) groups excluding carboxylic acids is 1. The van der Waals surface area contributed by atoms with Gasteiger partial charge in [-0.1, -0.05) is 6.07 Å². The molecular formula is C19H17IN4O. The summed E-state index contributed by atoms with van der Waals surface area (Å²) in [7, 11) is 0. The van der Waals surface area contributed by atoms with Crippen LogP contribution in [0, 0.1) is 17.4 Å². The molecule has 1 amide bonds. The largest absolute Gasteiger partial charge is 0.324 e. The van der Waals surface area contributed by atoms with Crippen LogP contribution in [0.1, 0.15) is 21.7 Å². The second kappa shape index (κ2) is 7.60. The lowest BCUT2D eigenvalue weighted by Gasteiger charge is -2.09. The van der Waals surface area contributed by atoms with Gasteiger partial charge in [0.05, 0.1) is 0 Å². The minimum absolute atomic E-state index is 0.161. The average Bonchev–Trinajstić information content (AvgIpc) is 2.56. The Kier molecular flexibility index (Phi) is 5.28. The number of benzene rings is 2.